The molecular formula is C26H30BrN5O4. The van der Waals surface area contributed by atoms with Gasteiger partial charge in [0.25, 0.3) is 0 Å². The van der Waals surface area contributed by atoms with Gasteiger partial charge in [0.1, 0.15) is 22.7 Å². The van der Waals surface area contributed by atoms with Crippen LogP contribution in [0.25, 0.3) is 21.8 Å². The summed E-state index contributed by atoms with van der Waals surface area (Å²) >= 11 is 3.44. The smallest absolute Gasteiger partial charge is 0.225 e. The zero-order valence-corrected chi connectivity index (χ0v) is 22.6. The number of hydrogen-bond donors (Lipinski definition) is 0. The van der Waals surface area contributed by atoms with Crippen molar-refractivity contribution in [3.63, 3.8) is 0 Å². The van der Waals surface area contributed by atoms with Gasteiger partial charge in [-0.05, 0) is 59.4 Å². The van der Waals surface area contributed by atoms with E-state index in [0.717, 1.165) is 32.1 Å². The van der Waals surface area contributed by atoms with Crippen LogP contribution in [-0.2, 0) is 14.2 Å². The van der Waals surface area contributed by atoms with Crippen LogP contribution in [0.4, 0.5) is 5.69 Å². The van der Waals surface area contributed by atoms with Crippen molar-refractivity contribution in [3.05, 3.63) is 53.7 Å². The second kappa shape index (κ2) is 9.93. The minimum Gasteiger partial charge on any atom is -0.480 e. The quantitative estimate of drug-likeness (QED) is 0.223. The third-order valence-electron chi connectivity index (χ3n) is 6.60. The Labute approximate surface area is 218 Å². The molecule has 0 saturated carbocycles. The van der Waals surface area contributed by atoms with E-state index in [4.69, 9.17) is 18.9 Å². The average molecular weight is 556 g/mol. The molecule has 36 heavy (non-hydrogen) atoms. The van der Waals surface area contributed by atoms with E-state index in [2.05, 4.69) is 61.0 Å². The van der Waals surface area contributed by atoms with E-state index in [1.807, 2.05) is 42.9 Å². The second-order valence-corrected chi connectivity index (χ2v) is 10.2. The number of aromatic nitrogens is 4. The first-order valence-electron chi connectivity index (χ1n) is 11.8. The molecule has 0 N–H and O–H groups in total. The molecule has 0 bridgehead atoms. The number of anilines is 1. The lowest BCUT2D eigenvalue weighted by Gasteiger charge is -2.30. The van der Waals surface area contributed by atoms with Crippen LogP contribution in [0.3, 0.4) is 0 Å². The summed E-state index contributed by atoms with van der Waals surface area (Å²) < 4.78 is 26.8. The Morgan fingerprint density at radius 3 is 2.75 bits per heavy atom. The summed E-state index contributed by atoms with van der Waals surface area (Å²) in [5.74, 6) is -0.233. The van der Waals surface area contributed by atoms with Crippen molar-refractivity contribution in [1.29, 1.82) is 0 Å². The summed E-state index contributed by atoms with van der Waals surface area (Å²) in [6.07, 6.45) is 5.33. The van der Waals surface area contributed by atoms with E-state index >= 15 is 0 Å². The van der Waals surface area contributed by atoms with Gasteiger partial charge in [-0.1, -0.05) is 6.07 Å². The number of rotatable bonds is 8. The van der Waals surface area contributed by atoms with Crippen LogP contribution in [0.15, 0.2) is 53.7 Å². The first-order chi connectivity index (χ1) is 17.3. The van der Waals surface area contributed by atoms with Gasteiger partial charge in [0, 0.05) is 50.6 Å². The molecule has 3 aromatic heterocycles. The van der Waals surface area contributed by atoms with Crippen LogP contribution in [-0.4, -0.2) is 65.3 Å². The van der Waals surface area contributed by atoms with Gasteiger partial charge >= 0.3 is 0 Å². The van der Waals surface area contributed by atoms with Crippen LogP contribution in [0.5, 0.6) is 5.88 Å². The van der Waals surface area contributed by atoms with Crippen molar-refractivity contribution in [2.24, 2.45) is 0 Å². The molecule has 0 aliphatic carbocycles. The molecule has 1 aliphatic rings. The highest BCUT2D eigenvalue weighted by Crippen LogP contribution is 2.37. The maximum Gasteiger partial charge on any atom is 0.225 e. The number of benzene rings is 1. The van der Waals surface area contributed by atoms with Crippen molar-refractivity contribution in [2.45, 2.75) is 44.5 Å². The molecular weight excluding hydrogens is 526 g/mol. The topological polar surface area (TPSA) is 83.8 Å². The molecule has 4 aromatic rings. The maximum absolute atomic E-state index is 6.61. The normalized spacial score (nSPS) is 20.3. The summed E-state index contributed by atoms with van der Waals surface area (Å²) in [6.45, 7) is 4.50. The first kappa shape index (κ1) is 24.9. The lowest BCUT2D eigenvalue weighted by atomic mass is 10.1. The standard InChI is InChI=1S/C26H30BrN5O4/c1-26(2,34-5)36-21-12-19(14-31(3)18-7-6-16-11-22(27)28-13-17(16)10-18)35-25(21)32-9-8-20-23(32)29-15-30-24(20)33-4/h6-11,13,15,19,21,25H,12,14H2,1-5H3/t19-,21+,25+/m0/s1. The van der Waals surface area contributed by atoms with E-state index in [9.17, 15) is 0 Å². The van der Waals surface area contributed by atoms with Crippen molar-refractivity contribution in [2.75, 3.05) is 32.7 Å². The number of hydrogen-bond acceptors (Lipinski definition) is 8. The number of nitrogens with zero attached hydrogens (tertiary/aromatic N) is 5. The summed E-state index contributed by atoms with van der Waals surface area (Å²) in [5.41, 5.74) is 1.83. The van der Waals surface area contributed by atoms with Crippen LogP contribution < -0.4 is 9.64 Å². The predicted octanol–water partition coefficient (Wildman–Crippen LogP) is 4.94. The Morgan fingerprint density at radius 1 is 1.14 bits per heavy atom. The molecule has 0 unspecified atom stereocenters. The summed E-state index contributed by atoms with van der Waals surface area (Å²) in [7, 11) is 5.32. The van der Waals surface area contributed by atoms with Gasteiger partial charge in [-0.25, -0.2) is 15.0 Å². The highest BCUT2D eigenvalue weighted by molar-refractivity contribution is 9.10. The SMILES string of the molecule is COc1ncnc2c1ccn2[C@@H]1O[C@H](CN(C)c2ccc3cc(Br)ncc3c2)C[C@H]1OC(C)(C)OC. The summed E-state index contributed by atoms with van der Waals surface area (Å²) in [5, 5.41) is 3.05. The number of methoxy groups -OCH3 is 2. The minimum atomic E-state index is -0.762. The highest BCUT2D eigenvalue weighted by atomic mass is 79.9. The lowest BCUT2D eigenvalue weighted by molar-refractivity contribution is -0.237. The largest absolute Gasteiger partial charge is 0.480 e. The monoisotopic (exact) mass is 555 g/mol. The van der Waals surface area contributed by atoms with Gasteiger partial charge < -0.3 is 28.4 Å². The fraction of sp³-hybridized carbons (Fsp3) is 0.423. The third-order valence-corrected chi connectivity index (χ3v) is 7.04. The molecule has 0 radical (unpaired) electrons. The highest BCUT2D eigenvalue weighted by Gasteiger charge is 2.41. The first-order valence-corrected chi connectivity index (χ1v) is 12.6. The zero-order valence-electron chi connectivity index (χ0n) is 21.0. The van der Waals surface area contributed by atoms with Crippen molar-refractivity contribution >= 4 is 43.4 Å². The fourth-order valence-electron chi connectivity index (χ4n) is 4.66. The van der Waals surface area contributed by atoms with Gasteiger partial charge in [-0.15, -0.1) is 0 Å². The van der Waals surface area contributed by atoms with Crippen molar-refractivity contribution in [1.82, 2.24) is 19.5 Å². The molecule has 3 atom stereocenters. The van der Waals surface area contributed by atoms with Gasteiger partial charge in [0.15, 0.2) is 12.0 Å². The van der Waals surface area contributed by atoms with Crippen LogP contribution >= 0.6 is 15.9 Å². The molecule has 5 rings (SSSR count). The molecule has 1 aliphatic heterocycles. The van der Waals surface area contributed by atoms with E-state index in [1.165, 1.54) is 6.33 Å². The van der Waals surface area contributed by atoms with Crippen LogP contribution in [0, 0.1) is 0 Å². The van der Waals surface area contributed by atoms with E-state index in [0.29, 0.717) is 18.8 Å². The second-order valence-electron chi connectivity index (χ2n) is 9.41. The molecule has 10 heteroatoms. The molecule has 0 spiro atoms. The number of pyridine rings is 1. The fourth-order valence-corrected chi connectivity index (χ4v) is 5.01. The number of ether oxygens (including phenoxy) is 4. The summed E-state index contributed by atoms with van der Waals surface area (Å²) in [6, 6.07) is 10.3. The maximum atomic E-state index is 6.61. The van der Waals surface area contributed by atoms with E-state index in [1.54, 1.807) is 14.2 Å². The Balaban J connectivity index is 1.40. The Hall–Kier alpha value is -2.79. The molecule has 1 fully saturated rings. The number of fused-ring (bicyclic) bond motifs is 2. The number of likely N-dealkylation sites (N-methyl/N-ethyl adjacent to an activating group) is 1. The van der Waals surface area contributed by atoms with Gasteiger partial charge in [0.2, 0.25) is 5.88 Å². The lowest BCUT2D eigenvalue weighted by Crippen LogP contribution is -2.35. The van der Waals surface area contributed by atoms with Crippen molar-refractivity contribution in [3.8, 4) is 5.88 Å². The minimum absolute atomic E-state index is 0.0717. The van der Waals surface area contributed by atoms with E-state index in [-0.39, 0.29) is 18.4 Å². The Morgan fingerprint density at radius 2 is 1.97 bits per heavy atom. The third kappa shape index (κ3) is 4.90. The molecule has 9 nitrogen and oxygen atoms in total. The van der Waals surface area contributed by atoms with Crippen LogP contribution in [0.1, 0.15) is 26.5 Å². The van der Waals surface area contributed by atoms with Crippen molar-refractivity contribution < 1.29 is 18.9 Å². The molecule has 4 heterocycles. The van der Waals surface area contributed by atoms with Gasteiger partial charge in [-0.3, -0.25) is 0 Å². The summed E-state index contributed by atoms with van der Waals surface area (Å²) in [4.78, 5) is 15.3. The van der Waals surface area contributed by atoms with Gasteiger partial charge in [0.05, 0.1) is 18.6 Å². The average Bonchev–Trinajstić information content (AvgIpc) is 3.46. The molecule has 1 aromatic carbocycles. The molecule has 190 valence electrons. The zero-order chi connectivity index (χ0) is 25.4. The van der Waals surface area contributed by atoms with Crippen LogP contribution in [0.2, 0.25) is 0 Å². The Kier molecular flexibility index (Phi) is 6.86. The molecule has 1 saturated heterocycles. The molecule has 0 amide bonds. The number of halogens is 1. The predicted molar refractivity (Wildman–Crippen MR) is 141 cm³/mol. The Bertz CT molecular complexity index is 1380. The van der Waals surface area contributed by atoms with Gasteiger partial charge in [-0.2, -0.15) is 0 Å². The van der Waals surface area contributed by atoms with E-state index < -0.39 is 5.79 Å².